The minimum Gasteiger partial charge on any atom is -0.507 e. The maximum atomic E-state index is 12.6. The van der Waals surface area contributed by atoms with E-state index in [9.17, 15) is 9.90 Å². The van der Waals surface area contributed by atoms with Crippen molar-refractivity contribution in [2.45, 2.75) is 6.42 Å². The van der Waals surface area contributed by atoms with E-state index in [1.54, 1.807) is 12.1 Å². The number of anilines is 1. The van der Waals surface area contributed by atoms with Gasteiger partial charge in [0, 0.05) is 17.8 Å². The third-order valence-electron chi connectivity index (χ3n) is 2.95. The molecule has 1 N–H and O–H groups in total. The first kappa shape index (κ1) is 15.1. The zero-order valence-electron chi connectivity index (χ0n) is 11.2. The van der Waals surface area contributed by atoms with Crippen molar-refractivity contribution in [3.05, 3.63) is 58.6 Å². The van der Waals surface area contributed by atoms with Gasteiger partial charge in [-0.05, 0) is 46.3 Å². The summed E-state index contributed by atoms with van der Waals surface area (Å²) in [5, 5.41) is 18.5. The highest BCUT2D eigenvalue weighted by Gasteiger charge is 2.18. The molecule has 106 valence electrons. The SMILES string of the molecule is N#CCCN(C(=O)c1ccc(Br)c(O)c1)c1ccccc1. The van der Waals surface area contributed by atoms with Gasteiger partial charge in [0.25, 0.3) is 5.91 Å². The van der Waals surface area contributed by atoms with Crippen molar-refractivity contribution in [2.24, 2.45) is 0 Å². The molecule has 0 aliphatic rings. The number of amides is 1. The first-order chi connectivity index (χ1) is 10.1. The molecule has 0 aliphatic carbocycles. The van der Waals surface area contributed by atoms with Gasteiger partial charge in [0.2, 0.25) is 0 Å². The molecule has 21 heavy (non-hydrogen) atoms. The van der Waals surface area contributed by atoms with Gasteiger partial charge in [-0.3, -0.25) is 4.79 Å². The second kappa shape index (κ2) is 6.91. The predicted molar refractivity (Wildman–Crippen MR) is 84.2 cm³/mol. The maximum Gasteiger partial charge on any atom is 0.258 e. The number of rotatable bonds is 4. The molecule has 5 heteroatoms. The summed E-state index contributed by atoms with van der Waals surface area (Å²) in [7, 11) is 0. The Kier molecular flexibility index (Phi) is 4.96. The van der Waals surface area contributed by atoms with Gasteiger partial charge in [0.05, 0.1) is 17.0 Å². The minimum absolute atomic E-state index is 0.00847. The van der Waals surface area contributed by atoms with Crippen LogP contribution >= 0.6 is 15.9 Å². The lowest BCUT2D eigenvalue weighted by molar-refractivity contribution is 0.0987. The number of phenolic OH excluding ortho intramolecular Hbond substituents is 1. The van der Waals surface area contributed by atoms with E-state index in [4.69, 9.17) is 5.26 Å². The van der Waals surface area contributed by atoms with Crippen molar-refractivity contribution >= 4 is 27.5 Å². The number of aromatic hydroxyl groups is 1. The molecule has 0 unspecified atom stereocenters. The predicted octanol–water partition coefficient (Wildman–Crippen LogP) is 3.72. The van der Waals surface area contributed by atoms with Crippen molar-refractivity contribution < 1.29 is 9.90 Å². The molecule has 2 rings (SSSR count). The molecule has 0 bridgehead atoms. The quantitative estimate of drug-likeness (QED) is 0.919. The first-order valence-electron chi connectivity index (χ1n) is 6.36. The Balaban J connectivity index is 2.34. The molecular weight excluding hydrogens is 332 g/mol. The summed E-state index contributed by atoms with van der Waals surface area (Å²) >= 11 is 3.18. The van der Waals surface area contributed by atoms with E-state index >= 15 is 0 Å². The molecule has 0 aromatic heterocycles. The topological polar surface area (TPSA) is 64.3 Å². The van der Waals surface area contributed by atoms with Crippen LogP contribution in [0.5, 0.6) is 5.75 Å². The first-order valence-corrected chi connectivity index (χ1v) is 7.15. The molecule has 0 spiro atoms. The van der Waals surface area contributed by atoms with Gasteiger partial charge < -0.3 is 10.0 Å². The van der Waals surface area contributed by atoms with Crippen LogP contribution in [0.15, 0.2) is 53.0 Å². The Labute approximate surface area is 131 Å². The van der Waals surface area contributed by atoms with Gasteiger partial charge in [0.15, 0.2) is 0 Å². The number of nitriles is 1. The van der Waals surface area contributed by atoms with Crippen LogP contribution in [0, 0.1) is 11.3 Å². The van der Waals surface area contributed by atoms with Crippen molar-refractivity contribution in [1.82, 2.24) is 0 Å². The molecule has 0 saturated carbocycles. The van der Waals surface area contributed by atoms with E-state index in [1.165, 1.54) is 11.0 Å². The minimum atomic E-state index is -0.251. The molecule has 0 saturated heterocycles. The largest absolute Gasteiger partial charge is 0.507 e. The number of carbonyl (C=O) groups excluding carboxylic acids is 1. The number of para-hydroxylation sites is 1. The van der Waals surface area contributed by atoms with Crippen molar-refractivity contribution in [1.29, 1.82) is 5.26 Å². The van der Waals surface area contributed by atoms with Crippen LogP contribution in [0.25, 0.3) is 0 Å². The Bertz CT molecular complexity index is 680. The average Bonchev–Trinajstić information content (AvgIpc) is 2.51. The zero-order valence-corrected chi connectivity index (χ0v) is 12.7. The van der Waals surface area contributed by atoms with Crippen LogP contribution in [-0.2, 0) is 0 Å². The molecule has 0 aliphatic heterocycles. The Morgan fingerprint density at radius 2 is 1.95 bits per heavy atom. The number of hydrogen-bond donors (Lipinski definition) is 1. The van der Waals surface area contributed by atoms with Crippen LogP contribution in [0.2, 0.25) is 0 Å². The standard InChI is InChI=1S/C16H13BrN2O2/c17-14-8-7-12(11-15(14)20)16(21)19(10-4-9-18)13-5-2-1-3-6-13/h1-3,5-8,11,20H,4,10H2. The molecule has 1 amide bonds. The lowest BCUT2D eigenvalue weighted by Gasteiger charge is -2.22. The summed E-state index contributed by atoms with van der Waals surface area (Å²) in [6.45, 7) is 0.302. The van der Waals surface area contributed by atoms with Crippen LogP contribution in [0.3, 0.4) is 0 Å². The smallest absolute Gasteiger partial charge is 0.258 e. The third kappa shape index (κ3) is 3.61. The van der Waals surface area contributed by atoms with Crippen molar-refractivity contribution in [3.8, 4) is 11.8 Å². The van der Waals surface area contributed by atoms with E-state index in [2.05, 4.69) is 15.9 Å². The van der Waals surface area contributed by atoms with Crippen LogP contribution in [-0.4, -0.2) is 17.6 Å². The van der Waals surface area contributed by atoms with Gasteiger partial charge >= 0.3 is 0 Å². The van der Waals surface area contributed by atoms with Gasteiger partial charge in [-0.1, -0.05) is 18.2 Å². The van der Waals surface area contributed by atoms with E-state index in [1.807, 2.05) is 36.4 Å². The summed E-state index contributed by atoms with van der Waals surface area (Å²) in [4.78, 5) is 14.1. The highest BCUT2D eigenvalue weighted by Crippen LogP contribution is 2.26. The lowest BCUT2D eigenvalue weighted by Crippen LogP contribution is -2.31. The second-order valence-electron chi connectivity index (χ2n) is 4.37. The fraction of sp³-hybridized carbons (Fsp3) is 0.125. The third-order valence-corrected chi connectivity index (χ3v) is 3.62. The number of hydrogen-bond acceptors (Lipinski definition) is 3. The highest BCUT2D eigenvalue weighted by atomic mass is 79.9. The summed E-state index contributed by atoms with van der Waals surface area (Å²) < 4.78 is 0.530. The fourth-order valence-electron chi connectivity index (χ4n) is 1.92. The molecule has 0 atom stereocenters. The summed E-state index contributed by atoms with van der Waals surface area (Å²) in [6.07, 6.45) is 0.239. The summed E-state index contributed by atoms with van der Waals surface area (Å²) in [5.41, 5.74) is 1.10. The van der Waals surface area contributed by atoms with Gasteiger partial charge in [-0.2, -0.15) is 5.26 Å². The second-order valence-corrected chi connectivity index (χ2v) is 5.22. The van der Waals surface area contributed by atoms with Crippen molar-refractivity contribution in [2.75, 3.05) is 11.4 Å². The van der Waals surface area contributed by atoms with Crippen LogP contribution in [0.1, 0.15) is 16.8 Å². The summed E-state index contributed by atoms with van der Waals surface area (Å²) in [6, 6.07) is 15.9. The Morgan fingerprint density at radius 3 is 2.57 bits per heavy atom. The van der Waals surface area contributed by atoms with Gasteiger partial charge in [-0.15, -0.1) is 0 Å². The monoisotopic (exact) mass is 344 g/mol. The molecule has 2 aromatic rings. The Hall–Kier alpha value is -2.32. The molecule has 4 nitrogen and oxygen atoms in total. The normalized spacial score (nSPS) is 9.90. The van der Waals surface area contributed by atoms with E-state index < -0.39 is 0 Å². The highest BCUT2D eigenvalue weighted by molar-refractivity contribution is 9.10. The molecule has 0 radical (unpaired) electrons. The van der Waals surface area contributed by atoms with Gasteiger partial charge in [-0.25, -0.2) is 0 Å². The molecular formula is C16H13BrN2O2. The zero-order chi connectivity index (χ0) is 15.2. The Morgan fingerprint density at radius 1 is 1.24 bits per heavy atom. The lowest BCUT2D eigenvalue weighted by atomic mass is 10.1. The number of halogens is 1. The number of nitrogens with zero attached hydrogens (tertiary/aromatic N) is 2. The summed E-state index contributed by atoms with van der Waals surface area (Å²) in [5.74, 6) is -0.242. The van der Waals surface area contributed by atoms with Crippen molar-refractivity contribution in [3.63, 3.8) is 0 Å². The fourth-order valence-corrected chi connectivity index (χ4v) is 2.17. The number of phenols is 1. The van der Waals surface area contributed by atoms with Gasteiger partial charge in [0.1, 0.15) is 5.75 Å². The van der Waals surface area contributed by atoms with Crippen LogP contribution in [0.4, 0.5) is 5.69 Å². The molecule has 0 heterocycles. The van der Waals surface area contributed by atoms with E-state index in [0.717, 1.165) is 5.69 Å². The van der Waals surface area contributed by atoms with E-state index in [-0.39, 0.29) is 18.1 Å². The number of benzene rings is 2. The molecule has 0 fully saturated rings. The number of carbonyl (C=O) groups is 1. The molecule has 2 aromatic carbocycles. The van der Waals surface area contributed by atoms with E-state index in [0.29, 0.717) is 16.6 Å². The maximum absolute atomic E-state index is 12.6. The van der Waals surface area contributed by atoms with Crippen LogP contribution < -0.4 is 4.90 Å². The average molecular weight is 345 g/mol.